The van der Waals surface area contributed by atoms with E-state index in [-0.39, 0.29) is 17.3 Å². The van der Waals surface area contributed by atoms with Gasteiger partial charge in [-0.2, -0.15) is 0 Å². The molecule has 0 saturated carbocycles. The maximum absolute atomic E-state index is 13.6. The minimum Gasteiger partial charge on any atom is -0.323 e. The van der Waals surface area contributed by atoms with Gasteiger partial charge in [-0.05, 0) is 32.9 Å². The Morgan fingerprint density at radius 3 is 2.59 bits per heavy atom. The summed E-state index contributed by atoms with van der Waals surface area (Å²) in [7, 11) is 0. The molecule has 0 heterocycles. The Labute approximate surface area is 111 Å². The van der Waals surface area contributed by atoms with Crippen LogP contribution in [0.25, 0.3) is 0 Å². The monoisotopic (exact) mass is 297 g/mol. The van der Waals surface area contributed by atoms with Crippen LogP contribution < -0.4 is 5.73 Å². The van der Waals surface area contributed by atoms with Crippen LogP contribution in [0.3, 0.4) is 0 Å². The Morgan fingerprint density at radius 2 is 2.06 bits per heavy atom. The van der Waals surface area contributed by atoms with Gasteiger partial charge in [0.05, 0.1) is 0 Å². The topological polar surface area (TPSA) is 26.0 Å². The van der Waals surface area contributed by atoms with E-state index in [1.807, 2.05) is 20.8 Å². The van der Waals surface area contributed by atoms with E-state index in [9.17, 15) is 4.39 Å². The molecule has 0 bridgehead atoms. The van der Waals surface area contributed by atoms with Crippen molar-refractivity contribution in [2.24, 2.45) is 11.1 Å². The lowest BCUT2D eigenvalue weighted by Gasteiger charge is -2.11. The van der Waals surface area contributed by atoms with Crippen LogP contribution in [0.2, 0.25) is 0 Å². The van der Waals surface area contributed by atoms with E-state index < -0.39 is 0 Å². The summed E-state index contributed by atoms with van der Waals surface area (Å²) in [5.74, 6) is 5.82. The van der Waals surface area contributed by atoms with Crippen molar-refractivity contribution in [3.8, 4) is 11.8 Å². The molecule has 1 aromatic rings. The molecule has 0 spiro atoms. The zero-order chi connectivity index (χ0) is 13.1. The van der Waals surface area contributed by atoms with Crippen molar-refractivity contribution in [3.05, 3.63) is 34.1 Å². The number of rotatable bonds is 2. The van der Waals surface area contributed by atoms with Gasteiger partial charge in [0.15, 0.2) is 0 Å². The van der Waals surface area contributed by atoms with Crippen LogP contribution in [0.15, 0.2) is 22.7 Å². The second-order valence-electron chi connectivity index (χ2n) is 5.03. The highest BCUT2D eigenvalue weighted by Crippen LogP contribution is 2.21. The molecule has 1 rings (SSSR count). The summed E-state index contributed by atoms with van der Waals surface area (Å²) in [4.78, 5) is 0. The third-order valence-corrected chi connectivity index (χ3v) is 2.64. The predicted octanol–water partition coefficient (Wildman–Crippen LogP) is 4.03. The zero-order valence-electron chi connectivity index (χ0n) is 10.3. The largest absolute Gasteiger partial charge is 0.323 e. The summed E-state index contributed by atoms with van der Waals surface area (Å²) in [5, 5.41) is 0. The van der Waals surface area contributed by atoms with Crippen molar-refractivity contribution in [3.63, 3.8) is 0 Å². The minimum atomic E-state index is -0.377. The van der Waals surface area contributed by atoms with Gasteiger partial charge >= 0.3 is 0 Å². The molecule has 1 unspecified atom stereocenters. The number of hydrogen-bond donors (Lipinski definition) is 1. The maximum Gasteiger partial charge on any atom is 0.129 e. The van der Waals surface area contributed by atoms with E-state index in [2.05, 4.69) is 27.8 Å². The molecule has 92 valence electrons. The van der Waals surface area contributed by atoms with Gasteiger partial charge < -0.3 is 5.73 Å². The normalized spacial score (nSPS) is 12.8. The average molecular weight is 298 g/mol. The predicted molar refractivity (Wildman–Crippen MR) is 72.9 cm³/mol. The van der Waals surface area contributed by atoms with Crippen LogP contribution in [0.1, 0.15) is 38.8 Å². The Hall–Kier alpha value is -0.850. The van der Waals surface area contributed by atoms with Gasteiger partial charge in [-0.1, -0.05) is 27.9 Å². The van der Waals surface area contributed by atoms with E-state index in [1.54, 1.807) is 12.1 Å². The third kappa shape index (κ3) is 4.89. The van der Waals surface area contributed by atoms with E-state index in [0.717, 1.165) is 0 Å². The van der Waals surface area contributed by atoms with Crippen molar-refractivity contribution in [1.29, 1.82) is 0 Å². The van der Waals surface area contributed by atoms with Gasteiger partial charge in [-0.15, -0.1) is 5.92 Å². The molecule has 0 radical (unpaired) electrons. The van der Waals surface area contributed by atoms with Crippen molar-refractivity contribution in [1.82, 2.24) is 0 Å². The maximum atomic E-state index is 13.6. The fourth-order valence-corrected chi connectivity index (χ4v) is 1.67. The summed E-state index contributed by atoms with van der Waals surface area (Å²) < 4.78 is 14.3. The van der Waals surface area contributed by atoms with Crippen LogP contribution in [-0.2, 0) is 0 Å². The van der Waals surface area contributed by atoms with Crippen LogP contribution >= 0.6 is 15.9 Å². The number of halogens is 2. The molecule has 3 heteroatoms. The van der Waals surface area contributed by atoms with Gasteiger partial charge in [-0.3, -0.25) is 0 Å². The first-order valence-corrected chi connectivity index (χ1v) is 6.29. The Kier molecular flexibility index (Phi) is 4.73. The van der Waals surface area contributed by atoms with Crippen molar-refractivity contribution in [2.75, 3.05) is 0 Å². The van der Waals surface area contributed by atoms with Gasteiger partial charge in [0.2, 0.25) is 0 Å². The number of hydrogen-bond acceptors (Lipinski definition) is 1. The molecule has 0 fully saturated rings. The fraction of sp³-hybridized carbons (Fsp3) is 0.429. The summed E-state index contributed by atoms with van der Waals surface area (Å²) in [6.45, 7) is 6.10. The van der Waals surface area contributed by atoms with Crippen molar-refractivity contribution in [2.45, 2.75) is 33.2 Å². The van der Waals surface area contributed by atoms with E-state index in [4.69, 9.17) is 5.73 Å². The molecule has 0 saturated heterocycles. The molecule has 1 nitrogen and oxygen atoms in total. The first kappa shape index (κ1) is 14.2. The Bertz CT molecular complexity index is 452. The van der Waals surface area contributed by atoms with Gasteiger partial charge in [0, 0.05) is 27.9 Å². The highest BCUT2D eigenvalue weighted by atomic mass is 79.9. The standard InChI is InChI=1S/C14H17BrFN/c1-14(2,3)8-4-5-13(17)11-7-6-10(15)9-12(11)16/h6-7,9,13H,5,17H2,1-3H3. The molecule has 17 heavy (non-hydrogen) atoms. The number of nitrogens with two attached hydrogens (primary N) is 1. The number of benzene rings is 1. The van der Waals surface area contributed by atoms with Crippen LogP contribution in [0, 0.1) is 23.1 Å². The average Bonchev–Trinajstić information content (AvgIpc) is 2.15. The Balaban J connectivity index is 2.76. The molecule has 1 aromatic carbocycles. The molecule has 2 N–H and O–H groups in total. The SMILES string of the molecule is CC(C)(C)C#CCC(N)c1ccc(Br)cc1F. The first-order valence-electron chi connectivity index (χ1n) is 5.50. The van der Waals surface area contributed by atoms with Crippen LogP contribution in [-0.4, -0.2) is 0 Å². The quantitative estimate of drug-likeness (QED) is 0.820. The van der Waals surface area contributed by atoms with Crippen LogP contribution in [0.4, 0.5) is 4.39 Å². The third-order valence-electron chi connectivity index (χ3n) is 2.15. The minimum absolute atomic E-state index is 0.0437. The van der Waals surface area contributed by atoms with Gasteiger partial charge in [0.1, 0.15) is 5.82 Å². The summed E-state index contributed by atoms with van der Waals surface area (Å²) in [5.41, 5.74) is 6.38. The highest BCUT2D eigenvalue weighted by molar-refractivity contribution is 9.10. The molecular weight excluding hydrogens is 281 g/mol. The Morgan fingerprint density at radius 1 is 1.41 bits per heavy atom. The fourth-order valence-electron chi connectivity index (χ4n) is 1.34. The summed E-state index contributed by atoms with van der Waals surface area (Å²) in [6, 6.07) is 4.53. The van der Waals surface area contributed by atoms with Crippen molar-refractivity contribution < 1.29 is 4.39 Å². The lowest BCUT2D eigenvalue weighted by molar-refractivity contribution is 0.567. The lowest BCUT2D eigenvalue weighted by atomic mass is 9.97. The summed E-state index contributed by atoms with van der Waals surface area (Å²) >= 11 is 3.22. The van der Waals surface area contributed by atoms with Crippen LogP contribution in [0.5, 0.6) is 0 Å². The molecule has 1 atom stereocenters. The molecule has 0 aliphatic carbocycles. The second-order valence-corrected chi connectivity index (χ2v) is 5.94. The highest BCUT2D eigenvalue weighted by Gasteiger charge is 2.11. The zero-order valence-corrected chi connectivity index (χ0v) is 11.9. The first-order chi connectivity index (χ1) is 7.79. The van der Waals surface area contributed by atoms with Gasteiger partial charge in [-0.25, -0.2) is 4.39 Å². The van der Waals surface area contributed by atoms with E-state index in [0.29, 0.717) is 16.5 Å². The molecule has 0 amide bonds. The molecular formula is C14H17BrFN. The lowest BCUT2D eigenvalue weighted by Crippen LogP contribution is -2.11. The van der Waals surface area contributed by atoms with Crippen molar-refractivity contribution >= 4 is 15.9 Å². The molecule has 0 aliphatic heterocycles. The smallest absolute Gasteiger partial charge is 0.129 e. The van der Waals surface area contributed by atoms with Gasteiger partial charge in [0.25, 0.3) is 0 Å². The summed E-state index contributed by atoms with van der Waals surface area (Å²) in [6.07, 6.45) is 0.468. The van der Waals surface area contributed by atoms with E-state index >= 15 is 0 Å². The van der Waals surface area contributed by atoms with E-state index in [1.165, 1.54) is 6.07 Å². The molecule has 0 aliphatic rings. The molecule has 0 aromatic heterocycles. The second kappa shape index (κ2) is 5.66.